The molecule has 0 amide bonds. The molecule has 5 heteroatoms. The minimum Gasteiger partial charge on any atom is -0.463 e. The monoisotopic (exact) mass is 263 g/mol. The van der Waals surface area contributed by atoms with Crippen LogP contribution in [0.4, 0.5) is 0 Å². The Morgan fingerprint density at radius 1 is 1.26 bits per heavy atom. The van der Waals surface area contributed by atoms with E-state index in [1.165, 1.54) is 12.4 Å². The number of carbonyl (C=O) groups is 2. The van der Waals surface area contributed by atoms with Gasteiger partial charge in [-0.15, -0.1) is 0 Å². The Bertz CT molecular complexity index is 482. The van der Waals surface area contributed by atoms with E-state index in [0.717, 1.165) is 0 Å². The van der Waals surface area contributed by atoms with Gasteiger partial charge in [0.05, 0.1) is 18.8 Å². The van der Waals surface area contributed by atoms with Crippen LogP contribution in [0.15, 0.2) is 30.6 Å². The van der Waals surface area contributed by atoms with Crippen molar-refractivity contribution in [3.05, 3.63) is 41.7 Å². The third-order valence-corrected chi connectivity index (χ3v) is 2.37. The van der Waals surface area contributed by atoms with Crippen molar-refractivity contribution in [2.45, 2.75) is 20.3 Å². The van der Waals surface area contributed by atoms with E-state index in [9.17, 15) is 9.59 Å². The third kappa shape index (κ3) is 4.21. The highest BCUT2D eigenvalue weighted by Gasteiger charge is 2.16. The number of carbonyl (C=O) groups excluding carboxylic acids is 2. The standard InChI is InChI=1S/C14H17NO4/c1-4-18-13(16)10(3)8-11-9-15-7-6-12(11)14(17)19-5-2/h6-7,9H,3-5,8H2,1-2H3. The van der Waals surface area contributed by atoms with Crippen LogP contribution in [0.25, 0.3) is 0 Å². The summed E-state index contributed by atoms with van der Waals surface area (Å²) >= 11 is 0. The zero-order valence-electron chi connectivity index (χ0n) is 11.1. The van der Waals surface area contributed by atoms with Crippen molar-refractivity contribution in [2.24, 2.45) is 0 Å². The number of hydrogen-bond acceptors (Lipinski definition) is 5. The zero-order valence-corrected chi connectivity index (χ0v) is 11.1. The van der Waals surface area contributed by atoms with Crippen LogP contribution in [-0.4, -0.2) is 30.1 Å². The quantitative estimate of drug-likeness (QED) is 0.579. The van der Waals surface area contributed by atoms with E-state index in [-0.39, 0.29) is 18.6 Å². The molecule has 0 bridgehead atoms. The number of nitrogens with zero attached hydrogens (tertiary/aromatic N) is 1. The Kier molecular flexibility index (Phi) is 5.73. The maximum atomic E-state index is 11.7. The van der Waals surface area contributed by atoms with E-state index in [1.807, 2.05) is 0 Å². The molecule has 1 rings (SSSR count). The summed E-state index contributed by atoms with van der Waals surface area (Å²) in [5.41, 5.74) is 1.27. The first kappa shape index (κ1) is 14.9. The van der Waals surface area contributed by atoms with Gasteiger partial charge in [-0.1, -0.05) is 6.58 Å². The average Bonchev–Trinajstić information content (AvgIpc) is 2.39. The van der Waals surface area contributed by atoms with Crippen molar-refractivity contribution in [3.63, 3.8) is 0 Å². The SMILES string of the molecule is C=C(Cc1cnccc1C(=O)OCC)C(=O)OCC. The van der Waals surface area contributed by atoms with Gasteiger partial charge >= 0.3 is 11.9 Å². The summed E-state index contributed by atoms with van der Waals surface area (Å²) in [7, 11) is 0. The van der Waals surface area contributed by atoms with Crippen LogP contribution in [0.5, 0.6) is 0 Å². The number of ether oxygens (including phenoxy) is 2. The minimum atomic E-state index is -0.471. The minimum absolute atomic E-state index is 0.209. The number of pyridine rings is 1. The normalized spacial score (nSPS) is 9.79. The zero-order chi connectivity index (χ0) is 14.3. The fourth-order valence-corrected chi connectivity index (χ4v) is 1.51. The number of hydrogen-bond donors (Lipinski definition) is 0. The lowest BCUT2D eigenvalue weighted by atomic mass is 10.0. The highest BCUT2D eigenvalue weighted by molar-refractivity contribution is 5.92. The van der Waals surface area contributed by atoms with E-state index < -0.39 is 11.9 Å². The molecule has 1 heterocycles. The van der Waals surface area contributed by atoms with Crippen LogP contribution in [0.3, 0.4) is 0 Å². The fraction of sp³-hybridized carbons (Fsp3) is 0.357. The molecule has 0 fully saturated rings. The smallest absolute Gasteiger partial charge is 0.338 e. The van der Waals surface area contributed by atoms with Crippen LogP contribution < -0.4 is 0 Å². The lowest BCUT2D eigenvalue weighted by Gasteiger charge is -2.09. The summed E-state index contributed by atoms with van der Waals surface area (Å²) in [5, 5.41) is 0. The molecule has 0 saturated carbocycles. The molecule has 19 heavy (non-hydrogen) atoms. The first-order chi connectivity index (χ1) is 9.10. The summed E-state index contributed by atoms with van der Waals surface area (Å²) < 4.78 is 9.79. The van der Waals surface area contributed by atoms with Crippen molar-refractivity contribution in [3.8, 4) is 0 Å². The first-order valence-corrected chi connectivity index (χ1v) is 6.05. The van der Waals surface area contributed by atoms with E-state index in [0.29, 0.717) is 17.7 Å². The highest BCUT2D eigenvalue weighted by Crippen LogP contribution is 2.14. The molecule has 0 aliphatic rings. The van der Waals surface area contributed by atoms with Crippen molar-refractivity contribution < 1.29 is 19.1 Å². The molecular weight excluding hydrogens is 246 g/mol. The van der Waals surface area contributed by atoms with Gasteiger partial charge in [0.1, 0.15) is 0 Å². The highest BCUT2D eigenvalue weighted by atomic mass is 16.5. The van der Waals surface area contributed by atoms with E-state index >= 15 is 0 Å². The second-order valence-electron chi connectivity index (χ2n) is 3.75. The van der Waals surface area contributed by atoms with Crippen molar-refractivity contribution in [1.82, 2.24) is 4.98 Å². The van der Waals surface area contributed by atoms with Gasteiger partial charge in [0.15, 0.2) is 0 Å². The van der Waals surface area contributed by atoms with Gasteiger partial charge in [0.25, 0.3) is 0 Å². The van der Waals surface area contributed by atoms with E-state index in [4.69, 9.17) is 9.47 Å². The number of esters is 2. The third-order valence-electron chi connectivity index (χ3n) is 2.37. The summed E-state index contributed by atoms with van der Waals surface area (Å²) in [5.74, 6) is -0.905. The van der Waals surface area contributed by atoms with Gasteiger partial charge in [-0.3, -0.25) is 4.98 Å². The molecule has 0 atom stereocenters. The van der Waals surface area contributed by atoms with Crippen molar-refractivity contribution in [1.29, 1.82) is 0 Å². The molecule has 0 N–H and O–H groups in total. The fourth-order valence-electron chi connectivity index (χ4n) is 1.51. The average molecular weight is 263 g/mol. The van der Waals surface area contributed by atoms with E-state index in [2.05, 4.69) is 11.6 Å². The Morgan fingerprint density at radius 3 is 2.58 bits per heavy atom. The number of rotatable bonds is 6. The molecule has 1 aromatic heterocycles. The number of aromatic nitrogens is 1. The molecule has 0 unspecified atom stereocenters. The largest absolute Gasteiger partial charge is 0.463 e. The van der Waals surface area contributed by atoms with Crippen LogP contribution in [-0.2, 0) is 20.7 Å². The van der Waals surface area contributed by atoms with Crippen molar-refractivity contribution >= 4 is 11.9 Å². The van der Waals surface area contributed by atoms with Crippen molar-refractivity contribution in [2.75, 3.05) is 13.2 Å². The van der Waals surface area contributed by atoms with Crippen LogP contribution >= 0.6 is 0 Å². The summed E-state index contributed by atoms with van der Waals surface area (Å²) in [6.07, 6.45) is 3.24. The second-order valence-corrected chi connectivity index (χ2v) is 3.75. The molecule has 102 valence electrons. The molecule has 0 aromatic carbocycles. The van der Waals surface area contributed by atoms with Gasteiger partial charge in [-0.2, -0.15) is 0 Å². The predicted octanol–water partition coefficient (Wildman–Crippen LogP) is 1.92. The van der Waals surface area contributed by atoms with Gasteiger partial charge in [0.2, 0.25) is 0 Å². The maximum absolute atomic E-state index is 11.7. The lowest BCUT2D eigenvalue weighted by Crippen LogP contribution is -2.13. The molecular formula is C14H17NO4. The summed E-state index contributed by atoms with van der Waals surface area (Å²) in [6.45, 7) is 7.69. The molecule has 0 radical (unpaired) electrons. The van der Waals surface area contributed by atoms with Gasteiger partial charge in [0, 0.05) is 24.4 Å². The van der Waals surface area contributed by atoms with Gasteiger partial charge in [-0.25, -0.2) is 9.59 Å². The van der Waals surface area contributed by atoms with Crippen LogP contribution in [0, 0.1) is 0 Å². The Hall–Kier alpha value is -2.17. The molecule has 0 aliphatic carbocycles. The van der Waals surface area contributed by atoms with Gasteiger partial charge < -0.3 is 9.47 Å². The Labute approximate surface area is 112 Å². The molecule has 0 aliphatic heterocycles. The molecule has 1 aromatic rings. The summed E-state index contributed by atoms with van der Waals surface area (Å²) in [6, 6.07) is 1.56. The van der Waals surface area contributed by atoms with Crippen LogP contribution in [0.1, 0.15) is 29.8 Å². The topological polar surface area (TPSA) is 65.5 Å². The maximum Gasteiger partial charge on any atom is 0.338 e. The Morgan fingerprint density at radius 2 is 1.95 bits per heavy atom. The van der Waals surface area contributed by atoms with Crippen LogP contribution in [0.2, 0.25) is 0 Å². The molecule has 5 nitrogen and oxygen atoms in total. The van der Waals surface area contributed by atoms with Gasteiger partial charge in [-0.05, 0) is 25.5 Å². The first-order valence-electron chi connectivity index (χ1n) is 6.05. The predicted molar refractivity (Wildman–Crippen MR) is 69.7 cm³/mol. The second kappa shape index (κ2) is 7.31. The molecule has 0 spiro atoms. The van der Waals surface area contributed by atoms with E-state index in [1.54, 1.807) is 19.9 Å². The Balaban J connectivity index is 2.86. The molecule has 0 saturated heterocycles. The lowest BCUT2D eigenvalue weighted by molar-refractivity contribution is -0.138. The summed E-state index contributed by atoms with van der Waals surface area (Å²) in [4.78, 5) is 27.2.